The van der Waals surface area contributed by atoms with Crippen LogP contribution in [-0.2, 0) is 6.18 Å². The number of halogens is 3. The summed E-state index contributed by atoms with van der Waals surface area (Å²) in [6.07, 6.45) is 0.146. The normalized spacial score (nSPS) is 23.9. The van der Waals surface area contributed by atoms with Crippen molar-refractivity contribution in [1.29, 1.82) is 0 Å². The Kier molecular flexibility index (Phi) is 3.75. The molecule has 3 atom stereocenters. The van der Waals surface area contributed by atoms with Crippen LogP contribution >= 0.6 is 0 Å². The van der Waals surface area contributed by atoms with Crippen LogP contribution in [0.1, 0.15) is 35.1 Å². The first kappa shape index (κ1) is 16.6. The third-order valence-electron chi connectivity index (χ3n) is 5.14. The number of nitro groups is 1. The van der Waals surface area contributed by atoms with Crippen LogP contribution in [0.3, 0.4) is 0 Å². The number of anilines is 1. The van der Waals surface area contributed by atoms with E-state index in [0.717, 1.165) is 6.07 Å². The summed E-state index contributed by atoms with van der Waals surface area (Å²) in [5.74, 6) is -0.120. The molecule has 1 aliphatic carbocycles. The molecule has 0 unspecified atom stereocenters. The molecule has 1 heterocycles. The second-order valence-electron chi connectivity index (χ2n) is 6.60. The molecule has 2 aromatic rings. The van der Waals surface area contributed by atoms with E-state index < -0.39 is 22.7 Å². The van der Waals surface area contributed by atoms with Gasteiger partial charge in [-0.1, -0.05) is 36.4 Å². The fourth-order valence-electron chi connectivity index (χ4n) is 4.02. The lowest BCUT2D eigenvalue weighted by Gasteiger charge is -2.38. The van der Waals surface area contributed by atoms with Gasteiger partial charge < -0.3 is 5.32 Å². The van der Waals surface area contributed by atoms with Crippen molar-refractivity contribution in [3.05, 3.63) is 81.4 Å². The van der Waals surface area contributed by atoms with E-state index in [0.29, 0.717) is 17.5 Å². The molecule has 0 saturated heterocycles. The van der Waals surface area contributed by atoms with Gasteiger partial charge in [-0.3, -0.25) is 10.1 Å². The monoisotopic (exact) mass is 360 g/mol. The number of rotatable bonds is 2. The largest absolute Gasteiger partial charge is 0.418 e. The highest BCUT2D eigenvalue weighted by molar-refractivity contribution is 5.65. The Morgan fingerprint density at radius 3 is 2.65 bits per heavy atom. The van der Waals surface area contributed by atoms with Crippen LogP contribution in [0.25, 0.3) is 0 Å². The minimum atomic E-state index is -4.47. The van der Waals surface area contributed by atoms with Gasteiger partial charge in [0.1, 0.15) is 0 Å². The molecule has 2 aromatic carbocycles. The van der Waals surface area contributed by atoms with Gasteiger partial charge in [-0.25, -0.2) is 0 Å². The number of nitrogens with one attached hydrogen (secondary N) is 1. The third-order valence-corrected chi connectivity index (χ3v) is 5.14. The maximum absolute atomic E-state index is 13.5. The smallest absolute Gasteiger partial charge is 0.377 e. The van der Waals surface area contributed by atoms with E-state index in [1.807, 2.05) is 12.2 Å². The van der Waals surface area contributed by atoms with E-state index in [9.17, 15) is 23.3 Å². The zero-order valence-electron chi connectivity index (χ0n) is 13.5. The van der Waals surface area contributed by atoms with E-state index >= 15 is 0 Å². The van der Waals surface area contributed by atoms with Gasteiger partial charge in [-0.05, 0) is 29.5 Å². The third kappa shape index (κ3) is 2.64. The highest BCUT2D eigenvalue weighted by Gasteiger charge is 2.43. The number of hydrogen-bond donors (Lipinski definition) is 1. The standard InChI is InChI=1S/C19H15F3N2O2/c20-19(21,22)16-9-3-8-15-13-6-2-7-14(13)17(23-18(15)16)11-4-1-5-12(10-11)24(25)26/h1-6,8-10,13-14,17,23H,7H2/t13-,14-,17-/m1/s1. The lowest BCUT2D eigenvalue weighted by Crippen LogP contribution is -2.30. The Hall–Kier alpha value is -2.83. The van der Waals surface area contributed by atoms with E-state index in [1.54, 1.807) is 18.2 Å². The molecule has 4 nitrogen and oxygen atoms in total. The van der Waals surface area contributed by atoms with E-state index in [4.69, 9.17) is 0 Å². The number of allylic oxidation sites excluding steroid dienone is 2. The summed E-state index contributed by atoms with van der Waals surface area (Å²) in [5, 5.41) is 14.1. The highest BCUT2D eigenvalue weighted by atomic mass is 19.4. The number of alkyl halides is 3. The number of non-ortho nitro benzene ring substituents is 1. The summed E-state index contributed by atoms with van der Waals surface area (Å²) in [6.45, 7) is 0. The number of nitro benzene ring substituents is 1. The van der Waals surface area contributed by atoms with E-state index in [1.165, 1.54) is 18.2 Å². The molecule has 1 aliphatic heterocycles. The zero-order chi connectivity index (χ0) is 18.5. The molecule has 4 rings (SSSR count). The van der Waals surface area contributed by atoms with Gasteiger partial charge in [0, 0.05) is 18.1 Å². The summed E-state index contributed by atoms with van der Waals surface area (Å²) in [4.78, 5) is 10.6. The summed E-state index contributed by atoms with van der Waals surface area (Å²) in [6, 6.07) is 9.90. The van der Waals surface area contributed by atoms with Crippen LogP contribution in [0.4, 0.5) is 24.5 Å². The van der Waals surface area contributed by atoms with Crippen LogP contribution in [-0.4, -0.2) is 4.92 Å². The fourth-order valence-corrected chi connectivity index (χ4v) is 4.02. The minimum Gasteiger partial charge on any atom is -0.377 e. The molecule has 0 aromatic heterocycles. The SMILES string of the molecule is O=[N+]([O-])c1cccc([C@H]2Nc3c(cccc3C(F)(F)F)[C@@H]3C=CC[C@@H]23)c1. The number of benzene rings is 2. The van der Waals surface area contributed by atoms with Crippen LogP contribution in [0.5, 0.6) is 0 Å². The van der Waals surface area contributed by atoms with Gasteiger partial charge in [0.15, 0.2) is 0 Å². The van der Waals surface area contributed by atoms with Crippen LogP contribution in [0.15, 0.2) is 54.6 Å². The minimum absolute atomic E-state index is 0.0213. The number of nitrogens with zero attached hydrogens (tertiary/aromatic N) is 1. The first-order chi connectivity index (χ1) is 12.4. The predicted octanol–water partition coefficient (Wildman–Crippen LogP) is 5.44. The van der Waals surface area contributed by atoms with Gasteiger partial charge >= 0.3 is 6.18 Å². The lowest BCUT2D eigenvalue weighted by atomic mass is 9.76. The summed E-state index contributed by atoms with van der Waals surface area (Å²) in [5.41, 5.74) is 0.552. The molecular weight excluding hydrogens is 345 g/mol. The van der Waals surface area contributed by atoms with Gasteiger partial charge in [0.05, 0.1) is 22.2 Å². The Balaban J connectivity index is 1.83. The maximum Gasteiger partial charge on any atom is 0.418 e. The second kappa shape index (κ2) is 5.86. The molecule has 0 saturated carbocycles. The molecule has 0 fully saturated rings. The molecule has 2 aliphatic rings. The van der Waals surface area contributed by atoms with Crippen molar-refractivity contribution in [3.63, 3.8) is 0 Å². The molecule has 1 N–H and O–H groups in total. The van der Waals surface area contributed by atoms with Crippen molar-refractivity contribution >= 4 is 11.4 Å². The topological polar surface area (TPSA) is 55.2 Å². The first-order valence-corrected chi connectivity index (χ1v) is 8.24. The maximum atomic E-state index is 13.5. The number of para-hydroxylation sites is 1. The average Bonchev–Trinajstić information content (AvgIpc) is 3.09. The molecule has 0 amide bonds. The molecule has 0 bridgehead atoms. The number of fused-ring (bicyclic) bond motifs is 3. The fraction of sp³-hybridized carbons (Fsp3) is 0.263. The molecule has 26 heavy (non-hydrogen) atoms. The Labute approximate surface area is 147 Å². The van der Waals surface area contributed by atoms with Crippen molar-refractivity contribution in [2.45, 2.75) is 24.6 Å². The molecular formula is C19H15F3N2O2. The van der Waals surface area contributed by atoms with Crippen LogP contribution < -0.4 is 5.32 Å². The molecule has 0 spiro atoms. The van der Waals surface area contributed by atoms with E-state index in [2.05, 4.69) is 5.32 Å². The Bertz CT molecular complexity index is 908. The van der Waals surface area contributed by atoms with Gasteiger partial charge in [0.2, 0.25) is 0 Å². The summed E-state index contributed by atoms with van der Waals surface area (Å²) in [7, 11) is 0. The lowest BCUT2D eigenvalue weighted by molar-refractivity contribution is -0.384. The predicted molar refractivity (Wildman–Crippen MR) is 90.9 cm³/mol. The summed E-state index contributed by atoms with van der Waals surface area (Å²) >= 11 is 0. The van der Waals surface area contributed by atoms with Crippen molar-refractivity contribution in [2.75, 3.05) is 5.32 Å². The molecule has 7 heteroatoms. The first-order valence-electron chi connectivity index (χ1n) is 8.24. The highest BCUT2D eigenvalue weighted by Crippen LogP contribution is 2.52. The zero-order valence-corrected chi connectivity index (χ0v) is 13.5. The quantitative estimate of drug-likeness (QED) is 0.441. The number of hydrogen-bond acceptors (Lipinski definition) is 3. The van der Waals surface area contributed by atoms with Crippen molar-refractivity contribution in [1.82, 2.24) is 0 Å². The average molecular weight is 360 g/mol. The Morgan fingerprint density at radius 2 is 1.92 bits per heavy atom. The molecule has 0 radical (unpaired) electrons. The van der Waals surface area contributed by atoms with Crippen molar-refractivity contribution in [2.24, 2.45) is 5.92 Å². The summed E-state index contributed by atoms with van der Waals surface area (Å²) < 4.78 is 40.4. The van der Waals surface area contributed by atoms with Crippen LogP contribution in [0, 0.1) is 16.0 Å². The van der Waals surface area contributed by atoms with E-state index in [-0.39, 0.29) is 23.2 Å². The van der Waals surface area contributed by atoms with Gasteiger partial charge in [0.25, 0.3) is 5.69 Å². The van der Waals surface area contributed by atoms with Gasteiger partial charge in [-0.15, -0.1) is 0 Å². The van der Waals surface area contributed by atoms with Crippen LogP contribution in [0.2, 0.25) is 0 Å². The van der Waals surface area contributed by atoms with Crippen molar-refractivity contribution < 1.29 is 18.1 Å². The second-order valence-corrected chi connectivity index (χ2v) is 6.60. The van der Waals surface area contributed by atoms with Crippen molar-refractivity contribution in [3.8, 4) is 0 Å². The molecule has 134 valence electrons. The van der Waals surface area contributed by atoms with Gasteiger partial charge in [-0.2, -0.15) is 13.2 Å². The Morgan fingerprint density at radius 1 is 1.15 bits per heavy atom.